The van der Waals surface area contributed by atoms with Gasteiger partial charge in [-0.2, -0.15) is 0 Å². The lowest BCUT2D eigenvalue weighted by Gasteiger charge is -1.59. The summed E-state index contributed by atoms with van der Waals surface area (Å²) >= 11 is 0. The van der Waals surface area contributed by atoms with Crippen LogP contribution in [0.3, 0.4) is 0 Å². The predicted molar refractivity (Wildman–Crippen MR) is 38.2 cm³/mol. The van der Waals surface area contributed by atoms with E-state index in [1.807, 2.05) is 14.1 Å². The Bertz CT molecular complexity index is 10.0. The van der Waals surface area contributed by atoms with Gasteiger partial charge in [-0.3, -0.25) is 0 Å². The molecule has 0 unspecified atom stereocenters. The van der Waals surface area contributed by atoms with Crippen molar-refractivity contribution in [2.24, 2.45) is 0 Å². The molecule has 0 fully saturated rings. The molecule has 0 saturated carbocycles. The van der Waals surface area contributed by atoms with Crippen LogP contribution in [0.25, 0.3) is 0 Å². The average molecular weight is 126 g/mol. The lowest BCUT2D eigenvalue weighted by Crippen LogP contribution is -1.89. The molecule has 0 heterocycles. The van der Waals surface area contributed by atoms with Gasteiger partial charge in [-0.1, -0.05) is 20.3 Å². The molecule has 7 heavy (non-hydrogen) atoms. The third-order valence-corrected chi connectivity index (χ3v) is 0. The van der Waals surface area contributed by atoms with Crippen molar-refractivity contribution < 1.29 is 0 Å². The standard InChI is InChI=1S/C3H8.C2H7N.ClH/c2*1-3-2;/h3H2,1-2H3;3H,1-2H3;1H. The van der Waals surface area contributed by atoms with Crippen molar-refractivity contribution in [2.75, 3.05) is 14.1 Å². The van der Waals surface area contributed by atoms with Crippen LogP contribution < -0.4 is 5.32 Å². The van der Waals surface area contributed by atoms with Crippen LogP contribution in [0.4, 0.5) is 0 Å². The second-order valence-electron chi connectivity index (χ2n) is 1.21. The van der Waals surface area contributed by atoms with Gasteiger partial charge in [0.15, 0.2) is 0 Å². The molecule has 48 valence electrons. The summed E-state index contributed by atoms with van der Waals surface area (Å²) in [6.07, 6.45) is 1.25. The fourth-order valence-corrected chi connectivity index (χ4v) is 0. The van der Waals surface area contributed by atoms with Gasteiger partial charge < -0.3 is 5.32 Å². The summed E-state index contributed by atoms with van der Waals surface area (Å²) in [5, 5.41) is 2.75. The van der Waals surface area contributed by atoms with Crippen molar-refractivity contribution in [2.45, 2.75) is 20.3 Å². The monoisotopic (exact) mass is 125 g/mol. The molecule has 1 N–H and O–H groups in total. The normalized spacial score (nSPS) is 5.14. The maximum Gasteiger partial charge on any atom is -0.0167 e. The minimum atomic E-state index is 0. The third-order valence-electron chi connectivity index (χ3n) is 0. The minimum Gasteiger partial charge on any atom is -0.323 e. The van der Waals surface area contributed by atoms with Gasteiger partial charge in [0.1, 0.15) is 0 Å². The van der Waals surface area contributed by atoms with Gasteiger partial charge in [0.2, 0.25) is 0 Å². The van der Waals surface area contributed by atoms with Crippen molar-refractivity contribution >= 4 is 12.4 Å². The van der Waals surface area contributed by atoms with Gasteiger partial charge in [-0.05, 0) is 14.1 Å². The Kier molecular flexibility index (Phi) is 76.2. The average Bonchev–Trinajstić information content (AvgIpc) is 1.39. The molecule has 0 spiro atoms. The molecule has 0 aliphatic heterocycles. The zero-order valence-corrected chi connectivity index (χ0v) is 6.43. The Labute approximate surface area is 52.9 Å². The summed E-state index contributed by atoms with van der Waals surface area (Å²) in [6.45, 7) is 4.25. The summed E-state index contributed by atoms with van der Waals surface area (Å²) in [7, 11) is 3.75. The molecule has 0 atom stereocenters. The Balaban J connectivity index is -0.0000000400. The Morgan fingerprint density at radius 3 is 1.14 bits per heavy atom. The second kappa shape index (κ2) is 34.0. The summed E-state index contributed by atoms with van der Waals surface area (Å²) in [5.74, 6) is 0. The van der Waals surface area contributed by atoms with Gasteiger partial charge in [0.05, 0.1) is 0 Å². The van der Waals surface area contributed by atoms with Gasteiger partial charge in [-0.25, -0.2) is 0 Å². The zero-order chi connectivity index (χ0) is 5.41. The first-order chi connectivity index (χ1) is 2.83. The summed E-state index contributed by atoms with van der Waals surface area (Å²) < 4.78 is 0. The number of nitrogens with one attached hydrogen (secondary N) is 1. The van der Waals surface area contributed by atoms with Crippen LogP contribution in [0.15, 0.2) is 0 Å². The van der Waals surface area contributed by atoms with Gasteiger partial charge in [0, 0.05) is 0 Å². The first-order valence-electron chi connectivity index (χ1n) is 2.41. The number of rotatable bonds is 0. The van der Waals surface area contributed by atoms with Crippen molar-refractivity contribution in [3.05, 3.63) is 0 Å². The molecule has 0 aromatic carbocycles. The van der Waals surface area contributed by atoms with E-state index in [0.29, 0.717) is 0 Å². The Morgan fingerprint density at radius 2 is 1.14 bits per heavy atom. The fourth-order valence-electron chi connectivity index (χ4n) is 0. The van der Waals surface area contributed by atoms with E-state index in [1.54, 1.807) is 0 Å². The van der Waals surface area contributed by atoms with Crippen LogP contribution in [0, 0.1) is 0 Å². The maximum absolute atomic E-state index is 2.75. The molecule has 2 heteroatoms. The second-order valence-corrected chi connectivity index (χ2v) is 1.21. The van der Waals surface area contributed by atoms with Crippen LogP contribution in [0.5, 0.6) is 0 Å². The van der Waals surface area contributed by atoms with E-state index in [2.05, 4.69) is 19.2 Å². The van der Waals surface area contributed by atoms with E-state index in [0.717, 1.165) is 0 Å². The van der Waals surface area contributed by atoms with Crippen LogP contribution in [0.2, 0.25) is 0 Å². The summed E-state index contributed by atoms with van der Waals surface area (Å²) in [4.78, 5) is 0. The maximum atomic E-state index is 2.75. The van der Waals surface area contributed by atoms with Crippen molar-refractivity contribution in [3.8, 4) is 0 Å². The highest BCUT2D eigenvalue weighted by Crippen LogP contribution is 1.56. The van der Waals surface area contributed by atoms with Crippen molar-refractivity contribution in [1.29, 1.82) is 0 Å². The summed E-state index contributed by atoms with van der Waals surface area (Å²) in [5.41, 5.74) is 0. The zero-order valence-electron chi connectivity index (χ0n) is 5.62. The molecular weight excluding hydrogens is 110 g/mol. The fraction of sp³-hybridized carbons (Fsp3) is 1.00. The van der Waals surface area contributed by atoms with Crippen LogP contribution in [0.1, 0.15) is 20.3 Å². The first kappa shape index (κ1) is 15.7. The topological polar surface area (TPSA) is 12.0 Å². The number of hydrogen-bond donors (Lipinski definition) is 1. The van der Waals surface area contributed by atoms with Crippen LogP contribution >= 0.6 is 12.4 Å². The van der Waals surface area contributed by atoms with Crippen molar-refractivity contribution in [3.63, 3.8) is 0 Å². The van der Waals surface area contributed by atoms with Gasteiger partial charge in [-0.15, -0.1) is 12.4 Å². The third kappa shape index (κ3) is 1810. The molecule has 0 bridgehead atoms. The predicted octanol–water partition coefficient (Wildman–Crippen LogP) is 1.67. The lowest BCUT2D eigenvalue weighted by molar-refractivity contribution is 1.02. The van der Waals surface area contributed by atoms with E-state index in [1.165, 1.54) is 6.42 Å². The Morgan fingerprint density at radius 1 is 1.14 bits per heavy atom. The quantitative estimate of drug-likeness (QED) is 0.520. The molecular formula is C5H16ClN. The van der Waals surface area contributed by atoms with E-state index in [4.69, 9.17) is 0 Å². The van der Waals surface area contributed by atoms with Gasteiger partial charge in [0.25, 0.3) is 0 Å². The molecule has 0 amide bonds. The molecule has 0 aliphatic rings. The summed E-state index contributed by atoms with van der Waals surface area (Å²) in [6, 6.07) is 0. The first-order valence-corrected chi connectivity index (χ1v) is 2.41. The van der Waals surface area contributed by atoms with E-state index >= 15 is 0 Å². The number of hydrogen-bond acceptors (Lipinski definition) is 1. The molecule has 0 radical (unpaired) electrons. The molecule has 0 rings (SSSR count). The lowest BCUT2D eigenvalue weighted by atomic mass is 10.6. The smallest absolute Gasteiger partial charge is 0.0167 e. The SMILES string of the molecule is CCC.CNC.Cl. The van der Waals surface area contributed by atoms with E-state index < -0.39 is 0 Å². The molecule has 0 saturated heterocycles. The van der Waals surface area contributed by atoms with Crippen LogP contribution in [-0.4, -0.2) is 14.1 Å². The highest BCUT2D eigenvalue weighted by molar-refractivity contribution is 5.85. The molecule has 0 aromatic heterocycles. The number of halogens is 1. The Hall–Kier alpha value is 0.250. The highest BCUT2D eigenvalue weighted by atomic mass is 35.5. The van der Waals surface area contributed by atoms with E-state index in [9.17, 15) is 0 Å². The van der Waals surface area contributed by atoms with Crippen molar-refractivity contribution in [1.82, 2.24) is 5.32 Å². The van der Waals surface area contributed by atoms with Gasteiger partial charge >= 0.3 is 0 Å². The molecule has 0 aromatic rings. The molecule has 0 aliphatic carbocycles. The van der Waals surface area contributed by atoms with Crippen LogP contribution in [-0.2, 0) is 0 Å². The van der Waals surface area contributed by atoms with E-state index in [-0.39, 0.29) is 12.4 Å². The highest BCUT2D eigenvalue weighted by Gasteiger charge is 1.35. The minimum absolute atomic E-state index is 0. The largest absolute Gasteiger partial charge is 0.323 e. The molecule has 1 nitrogen and oxygen atoms in total.